The summed E-state index contributed by atoms with van der Waals surface area (Å²) < 4.78 is 14.8. The van der Waals surface area contributed by atoms with Crippen LogP contribution in [0.4, 0.5) is 0 Å². The van der Waals surface area contributed by atoms with Crippen LogP contribution in [-0.2, 0) is 6.42 Å². The van der Waals surface area contributed by atoms with Gasteiger partial charge in [0.05, 0.1) is 2.74 Å². The smallest absolute Gasteiger partial charge is 0.115 e. The maximum Gasteiger partial charge on any atom is 0.115 e. The van der Waals surface area contributed by atoms with Crippen LogP contribution in [0.15, 0.2) is 24.2 Å². The van der Waals surface area contributed by atoms with Crippen LogP contribution in [0.25, 0.3) is 0 Å². The first-order valence-corrected chi connectivity index (χ1v) is 3.79. The molecule has 0 bridgehead atoms. The number of phenols is 1. The zero-order valence-corrected chi connectivity index (χ0v) is 6.89. The second-order valence-corrected chi connectivity index (χ2v) is 3.10. The van der Waals surface area contributed by atoms with Crippen molar-refractivity contribution in [3.05, 3.63) is 29.8 Å². The minimum Gasteiger partial charge on any atom is -0.508 e. The fraction of sp³-hybridized carbons (Fsp3) is 0.400. The lowest BCUT2D eigenvalue weighted by Gasteiger charge is -2.03. The zero-order valence-electron chi connectivity index (χ0n) is 8.89. The molecule has 1 heteroatoms. The van der Waals surface area contributed by atoms with Crippen LogP contribution in [0.2, 0.25) is 0 Å². The van der Waals surface area contributed by atoms with Crippen molar-refractivity contribution in [2.45, 2.75) is 20.3 Å². The molecule has 1 nitrogen and oxygen atoms in total. The number of phenolic OH excluding ortho intramolecular Hbond substituents is 1. The molecule has 0 unspecified atom stereocenters. The van der Waals surface area contributed by atoms with Gasteiger partial charge < -0.3 is 5.11 Å². The van der Waals surface area contributed by atoms with Gasteiger partial charge in [0.25, 0.3) is 0 Å². The van der Waals surface area contributed by atoms with Gasteiger partial charge in [-0.05, 0) is 30.0 Å². The van der Waals surface area contributed by atoms with E-state index in [-0.39, 0.29) is 17.8 Å². The van der Waals surface area contributed by atoms with Crippen molar-refractivity contribution in [2.24, 2.45) is 5.92 Å². The summed E-state index contributed by atoms with van der Waals surface area (Å²) in [7, 11) is 0. The molecule has 1 aromatic carbocycles. The highest BCUT2D eigenvalue weighted by Crippen LogP contribution is 2.12. The van der Waals surface area contributed by atoms with E-state index in [4.69, 9.17) is 2.74 Å². The Morgan fingerprint density at radius 2 is 2.00 bits per heavy atom. The molecule has 0 fully saturated rings. The summed E-state index contributed by atoms with van der Waals surface area (Å²) in [6.07, 6.45) is 0.845. The molecule has 0 saturated carbocycles. The van der Waals surface area contributed by atoms with Gasteiger partial charge in [-0.15, -0.1) is 0 Å². The van der Waals surface area contributed by atoms with E-state index < -0.39 is 0 Å². The third kappa shape index (κ3) is 2.62. The van der Waals surface area contributed by atoms with Crippen LogP contribution in [-0.4, -0.2) is 5.11 Å². The van der Waals surface area contributed by atoms with Crippen molar-refractivity contribution < 1.29 is 7.85 Å². The normalized spacial score (nSPS) is 13.0. The molecule has 1 aromatic rings. The third-order valence-corrected chi connectivity index (χ3v) is 1.43. The monoisotopic (exact) mass is 152 g/mol. The molecule has 11 heavy (non-hydrogen) atoms. The molecule has 0 aliphatic rings. The van der Waals surface area contributed by atoms with E-state index in [0.29, 0.717) is 5.92 Å². The highest BCUT2D eigenvalue weighted by molar-refractivity contribution is 5.25. The van der Waals surface area contributed by atoms with Gasteiger partial charge in [-0.25, -0.2) is 0 Å². The van der Waals surface area contributed by atoms with E-state index >= 15 is 0 Å². The Labute approximate surface area is 70.5 Å². The van der Waals surface area contributed by atoms with Crippen molar-refractivity contribution in [2.75, 3.05) is 0 Å². The quantitative estimate of drug-likeness (QED) is 0.690. The molecule has 0 amide bonds. The first kappa shape index (κ1) is 5.64. The highest BCUT2D eigenvalue weighted by Gasteiger charge is 1.96. The topological polar surface area (TPSA) is 20.2 Å². The molecule has 0 aliphatic carbocycles. The van der Waals surface area contributed by atoms with Crippen LogP contribution in [0.1, 0.15) is 22.2 Å². The van der Waals surface area contributed by atoms with Crippen molar-refractivity contribution in [3.8, 4) is 5.75 Å². The first-order chi connectivity index (χ1) is 6.00. The Balaban J connectivity index is 2.99. The molecule has 0 spiro atoms. The average molecular weight is 152 g/mol. The van der Waals surface area contributed by atoms with Gasteiger partial charge in [0.1, 0.15) is 5.75 Å². The average Bonchev–Trinajstić information content (AvgIpc) is 1.98. The molecule has 0 atom stereocenters. The van der Waals surface area contributed by atoms with Gasteiger partial charge in [-0.3, -0.25) is 0 Å². The number of hydrogen-bond donors (Lipinski definition) is 1. The predicted octanol–water partition coefficient (Wildman–Crippen LogP) is 2.59. The molecule has 0 heterocycles. The van der Waals surface area contributed by atoms with E-state index in [1.807, 2.05) is 0 Å². The van der Waals surface area contributed by atoms with Crippen molar-refractivity contribution in [3.63, 3.8) is 0 Å². The number of benzene rings is 1. The zero-order chi connectivity index (χ0) is 10.0. The Morgan fingerprint density at radius 1 is 1.45 bits per heavy atom. The van der Waals surface area contributed by atoms with Crippen LogP contribution >= 0.6 is 0 Å². The maximum atomic E-state index is 9.19. The molecule has 0 aliphatic heterocycles. The summed E-state index contributed by atoms with van der Waals surface area (Å²) in [6.45, 7) is 4.17. The summed E-state index contributed by atoms with van der Waals surface area (Å²) in [5.74, 6) is 0.274. The Bertz CT molecular complexity index is 285. The molecule has 0 radical (unpaired) electrons. The maximum absolute atomic E-state index is 9.19. The van der Waals surface area contributed by atoms with Crippen LogP contribution < -0.4 is 0 Å². The minimum absolute atomic E-state index is 0.0446. The minimum atomic E-state index is -0.229. The molecule has 1 N–H and O–H groups in total. The largest absolute Gasteiger partial charge is 0.508 e. The van der Waals surface area contributed by atoms with Gasteiger partial charge >= 0.3 is 0 Å². The van der Waals surface area contributed by atoms with E-state index in [1.54, 1.807) is 12.1 Å². The van der Waals surface area contributed by atoms with E-state index in [1.165, 1.54) is 0 Å². The third-order valence-electron chi connectivity index (χ3n) is 1.43. The first-order valence-electron chi connectivity index (χ1n) is 4.79. The lowest BCUT2D eigenvalue weighted by Crippen LogP contribution is -1.92. The fourth-order valence-electron chi connectivity index (χ4n) is 0.995. The van der Waals surface area contributed by atoms with Crippen molar-refractivity contribution >= 4 is 0 Å². The fourth-order valence-corrected chi connectivity index (χ4v) is 0.995. The van der Waals surface area contributed by atoms with Gasteiger partial charge in [0, 0.05) is 0 Å². The summed E-state index contributed by atoms with van der Waals surface area (Å²) in [5, 5.41) is 9.19. The lowest BCUT2D eigenvalue weighted by molar-refractivity contribution is 0.475. The van der Waals surface area contributed by atoms with E-state index in [9.17, 15) is 5.11 Å². The predicted molar refractivity (Wildman–Crippen MR) is 46.6 cm³/mol. The molecule has 0 aromatic heterocycles. The van der Waals surface area contributed by atoms with Crippen LogP contribution in [0.3, 0.4) is 0 Å². The summed E-state index contributed by atoms with van der Waals surface area (Å²) in [6, 6.07) is 3.33. The summed E-state index contributed by atoms with van der Waals surface area (Å²) in [4.78, 5) is 0. The molecule has 1 rings (SSSR count). The van der Waals surface area contributed by atoms with Gasteiger partial charge in [-0.2, -0.15) is 0 Å². The number of aromatic hydroxyl groups is 1. The standard InChI is InChI=1S/C10H14O/c1-8(2)7-9-3-5-10(11)6-4-9/h3-6,8,11H,7H2,1-2H3/i5D,6D. The Kier molecular flexibility index (Phi) is 1.76. The van der Waals surface area contributed by atoms with E-state index in [0.717, 1.165) is 12.0 Å². The Morgan fingerprint density at radius 3 is 2.45 bits per heavy atom. The van der Waals surface area contributed by atoms with Crippen LogP contribution in [0, 0.1) is 5.92 Å². The summed E-state index contributed by atoms with van der Waals surface area (Å²) >= 11 is 0. The van der Waals surface area contributed by atoms with Crippen molar-refractivity contribution in [1.82, 2.24) is 0 Å². The van der Waals surface area contributed by atoms with E-state index in [2.05, 4.69) is 13.8 Å². The lowest BCUT2D eigenvalue weighted by atomic mass is 10.0. The molecular formula is C10H14O. The van der Waals surface area contributed by atoms with Gasteiger partial charge in [0.2, 0.25) is 0 Å². The molecule has 60 valence electrons. The second kappa shape index (κ2) is 3.42. The number of rotatable bonds is 2. The number of hydrogen-bond acceptors (Lipinski definition) is 1. The van der Waals surface area contributed by atoms with Gasteiger partial charge in [0.15, 0.2) is 0 Å². The van der Waals surface area contributed by atoms with Crippen LogP contribution in [0.5, 0.6) is 5.75 Å². The highest BCUT2D eigenvalue weighted by atomic mass is 16.3. The molecular weight excluding hydrogens is 136 g/mol. The SMILES string of the molecule is [2H]c1cc(CC(C)C)cc([2H])c1O. The second-order valence-electron chi connectivity index (χ2n) is 3.10. The van der Waals surface area contributed by atoms with Gasteiger partial charge in [-0.1, -0.05) is 26.0 Å². The van der Waals surface area contributed by atoms with Crippen molar-refractivity contribution in [1.29, 1.82) is 0 Å². The molecule has 0 saturated heterocycles. The summed E-state index contributed by atoms with van der Waals surface area (Å²) in [5.41, 5.74) is 0.947. The Hall–Kier alpha value is -0.980.